The summed E-state index contributed by atoms with van der Waals surface area (Å²) in [5, 5.41) is 0. The van der Waals surface area contributed by atoms with Gasteiger partial charge in [0, 0.05) is 25.0 Å². The van der Waals surface area contributed by atoms with Gasteiger partial charge in [0.25, 0.3) is 5.88 Å². The van der Waals surface area contributed by atoms with E-state index in [1.807, 2.05) is 16.8 Å². The minimum Gasteiger partial charge on any atom is -0.469 e. The monoisotopic (exact) mass is 283 g/mol. The molecule has 3 heterocycles. The molecule has 0 aliphatic carbocycles. The number of aromatic nitrogens is 3. The molecule has 1 aliphatic heterocycles. The summed E-state index contributed by atoms with van der Waals surface area (Å²) < 4.78 is 13.6. The van der Waals surface area contributed by atoms with E-state index in [1.54, 1.807) is 6.20 Å². The summed E-state index contributed by atoms with van der Waals surface area (Å²) in [6, 6.07) is 0. The third-order valence-corrected chi connectivity index (χ3v) is 2.86. The number of hydrogen-bond acceptors (Lipinski definition) is 4. The van der Waals surface area contributed by atoms with Crippen LogP contribution in [-0.2, 0) is 4.74 Å². The van der Waals surface area contributed by atoms with Crippen LogP contribution in [0.15, 0.2) is 23.2 Å². The lowest BCUT2D eigenvalue weighted by Gasteiger charge is -2.11. The quantitative estimate of drug-likeness (QED) is 0.841. The molecule has 1 saturated heterocycles. The van der Waals surface area contributed by atoms with Crippen LogP contribution in [0.4, 0.5) is 0 Å². The Morgan fingerprint density at radius 2 is 2.50 bits per heavy atom. The zero-order chi connectivity index (χ0) is 11.0. The molecule has 0 saturated carbocycles. The van der Waals surface area contributed by atoms with E-state index in [4.69, 9.17) is 9.47 Å². The van der Waals surface area contributed by atoms with Crippen LogP contribution in [0.1, 0.15) is 6.42 Å². The molecule has 1 atom stereocenters. The highest BCUT2D eigenvalue weighted by Crippen LogP contribution is 2.22. The summed E-state index contributed by atoms with van der Waals surface area (Å²) >= 11 is 3.35. The van der Waals surface area contributed by atoms with E-state index in [-0.39, 0.29) is 6.10 Å². The molecule has 5 nitrogen and oxygen atoms in total. The first-order valence-corrected chi connectivity index (χ1v) is 5.86. The fourth-order valence-corrected chi connectivity index (χ4v) is 2.10. The molecule has 16 heavy (non-hydrogen) atoms. The van der Waals surface area contributed by atoms with E-state index >= 15 is 0 Å². The van der Waals surface area contributed by atoms with E-state index in [1.165, 1.54) is 0 Å². The van der Waals surface area contributed by atoms with Crippen LogP contribution in [0, 0.1) is 0 Å². The van der Waals surface area contributed by atoms with Crippen molar-refractivity contribution in [1.82, 2.24) is 14.4 Å². The van der Waals surface area contributed by atoms with E-state index in [0.29, 0.717) is 12.5 Å². The Morgan fingerprint density at radius 1 is 1.56 bits per heavy atom. The van der Waals surface area contributed by atoms with Gasteiger partial charge in [-0.3, -0.25) is 4.40 Å². The number of hydrogen-bond donors (Lipinski definition) is 0. The Kier molecular flexibility index (Phi) is 2.53. The molecule has 2 aromatic rings. The zero-order valence-electron chi connectivity index (χ0n) is 8.47. The molecule has 6 heteroatoms. The van der Waals surface area contributed by atoms with Crippen LogP contribution < -0.4 is 4.74 Å². The maximum Gasteiger partial charge on any atom is 0.259 e. The van der Waals surface area contributed by atoms with Gasteiger partial charge in [-0.25, -0.2) is 9.97 Å². The maximum atomic E-state index is 5.78. The predicted octanol–water partition coefficient (Wildman–Crippen LogP) is 1.66. The van der Waals surface area contributed by atoms with E-state index in [9.17, 15) is 0 Å². The molecule has 1 aliphatic rings. The molecule has 0 N–H and O–H groups in total. The first kappa shape index (κ1) is 10.0. The van der Waals surface area contributed by atoms with E-state index in [2.05, 4.69) is 25.9 Å². The smallest absolute Gasteiger partial charge is 0.259 e. The van der Waals surface area contributed by atoms with Gasteiger partial charge in [-0.1, -0.05) is 0 Å². The molecular weight excluding hydrogens is 274 g/mol. The largest absolute Gasteiger partial charge is 0.469 e. The highest BCUT2D eigenvalue weighted by atomic mass is 79.9. The van der Waals surface area contributed by atoms with Gasteiger partial charge in [-0.05, 0) is 15.9 Å². The van der Waals surface area contributed by atoms with Crippen LogP contribution in [0.5, 0.6) is 5.88 Å². The molecule has 2 aromatic heterocycles. The number of ether oxygens (including phenoxy) is 2. The van der Waals surface area contributed by atoms with Gasteiger partial charge in [-0.15, -0.1) is 0 Å². The SMILES string of the molecule is Brc1cn2ccnc2c(OC2CCOC2)n1. The maximum absolute atomic E-state index is 5.78. The van der Waals surface area contributed by atoms with Gasteiger partial charge in [0.1, 0.15) is 10.7 Å². The lowest BCUT2D eigenvalue weighted by Crippen LogP contribution is -2.17. The Morgan fingerprint density at radius 3 is 3.31 bits per heavy atom. The molecule has 1 unspecified atom stereocenters. The number of halogens is 1. The number of fused-ring (bicyclic) bond motifs is 1. The van der Waals surface area contributed by atoms with E-state index in [0.717, 1.165) is 23.3 Å². The number of imidazole rings is 1. The van der Waals surface area contributed by atoms with Crippen molar-refractivity contribution in [2.75, 3.05) is 13.2 Å². The summed E-state index contributed by atoms with van der Waals surface area (Å²) in [6.45, 7) is 1.38. The molecule has 0 aromatic carbocycles. The first-order valence-electron chi connectivity index (χ1n) is 5.06. The third-order valence-electron chi connectivity index (χ3n) is 2.48. The average molecular weight is 284 g/mol. The second-order valence-corrected chi connectivity index (χ2v) is 4.44. The molecule has 3 rings (SSSR count). The van der Waals surface area contributed by atoms with Crippen molar-refractivity contribution in [3.63, 3.8) is 0 Å². The second-order valence-electron chi connectivity index (χ2n) is 3.63. The normalized spacial score (nSPS) is 20.4. The zero-order valence-corrected chi connectivity index (χ0v) is 10.1. The summed E-state index contributed by atoms with van der Waals surface area (Å²) in [5.41, 5.74) is 0.732. The van der Waals surface area contributed by atoms with Crippen molar-refractivity contribution in [3.8, 4) is 5.88 Å². The molecule has 0 bridgehead atoms. The van der Waals surface area contributed by atoms with Crippen molar-refractivity contribution < 1.29 is 9.47 Å². The van der Waals surface area contributed by atoms with E-state index < -0.39 is 0 Å². The Balaban J connectivity index is 1.97. The van der Waals surface area contributed by atoms with Crippen molar-refractivity contribution in [2.45, 2.75) is 12.5 Å². The molecule has 0 amide bonds. The van der Waals surface area contributed by atoms with Crippen LogP contribution >= 0.6 is 15.9 Å². The predicted molar refractivity (Wildman–Crippen MR) is 60.5 cm³/mol. The van der Waals surface area contributed by atoms with Gasteiger partial charge in [0.15, 0.2) is 0 Å². The lowest BCUT2D eigenvalue weighted by molar-refractivity contribution is 0.138. The van der Waals surface area contributed by atoms with Crippen LogP contribution in [0.25, 0.3) is 5.65 Å². The third kappa shape index (κ3) is 1.78. The van der Waals surface area contributed by atoms with Crippen molar-refractivity contribution in [3.05, 3.63) is 23.2 Å². The Bertz CT molecular complexity index is 508. The van der Waals surface area contributed by atoms with Gasteiger partial charge in [0.05, 0.1) is 13.2 Å². The second kappa shape index (κ2) is 4.03. The summed E-state index contributed by atoms with van der Waals surface area (Å²) in [5.74, 6) is 0.551. The number of rotatable bonds is 2. The minimum atomic E-state index is 0.0855. The molecule has 0 radical (unpaired) electrons. The Hall–Kier alpha value is -1.14. The number of nitrogens with zero attached hydrogens (tertiary/aromatic N) is 3. The Labute approximate surface area is 101 Å². The summed E-state index contributed by atoms with van der Waals surface area (Å²) in [7, 11) is 0. The fourth-order valence-electron chi connectivity index (χ4n) is 1.72. The highest BCUT2D eigenvalue weighted by molar-refractivity contribution is 9.10. The standard InChI is InChI=1S/C10H10BrN3O2/c11-8-5-14-3-2-12-9(14)10(13-8)16-7-1-4-15-6-7/h2-3,5,7H,1,4,6H2. The van der Waals surface area contributed by atoms with Crippen molar-refractivity contribution in [2.24, 2.45) is 0 Å². The molecular formula is C10H10BrN3O2. The van der Waals surface area contributed by atoms with Crippen molar-refractivity contribution >= 4 is 21.6 Å². The highest BCUT2D eigenvalue weighted by Gasteiger charge is 2.19. The van der Waals surface area contributed by atoms with Gasteiger partial charge < -0.3 is 9.47 Å². The molecule has 1 fully saturated rings. The summed E-state index contributed by atoms with van der Waals surface area (Å²) in [4.78, 5) is 8.51. The lowest BCUT2D eigenvalue weighted by atomic mass is 10.3. The molecule has 84 valence electrons. The van der Waals surface area contributed by atoms with Crippen LogP contribution in [-0.4, -0.2) is 33.7 Å². The summed E-state index contributed by atoms with van der Waals surface area (Å²) in [6.07, 6.45) is 6.42. The molecule has 0 spiro atoms. The average Bonchev–Trinajstić information content (AvgIpc) is 2.87. The topological polar surface area (TPSA) is 48.7 Å². The van der Waals surface area contributed by atoms with Crippen molar-refractivity contribution in [1.29, 1.82) is 0 Å². The van der Waals surface area contributed by atoms with Gasteiger partial charge >= 0.3 is 0 Å². The van der Waals surface area contributed by atoms with Crippen LogP contribution in [0.2, 0.25) is 0 Å². The van der Waals surface area contributed by atoms with Gasteiger partial charge in [0.2, 0.25) is 5.65 Å². The first-order chi connectivity index (χ1) is 7.83. The fraction of sp³-hybridized carbons (Fsp3) is 0.400. The minimum absolute atomic E-state index is 0.0855. The van der Waals surface area contributed by atoms with Crippen LogP contribution in [0.3, 0.4) is 0 Å². The van der Waals surface area contributed by atoms with Gasteiger partial charge in [-0.2, -0.15) is 0 Å².